The number of thiazole rings is 2. The van der Waals surface area contributed by atoms with Crippen molar-refractivity contribution in [2.75, 3.05) is 7.05 Å². The van der Waals surface area contributed by atoms with E-state index < -0.39 is 0 Å². The van der Waals surface area contributed by atoms with Crippen LogP contribution in [0.3, 0.4) is 0 Å². The Morgan fingerprint density at radius 3 is 2.93 bits per heavy atom. The van der Waals surface area contributed by atoms with Gasteiger partial charge in [-0.3, -0.25) is 4.98 Å². The van der Waals surface area contributed by atoms with Crippen molar-refractivity contribution < 1.29 is 0 Å². The van der Waals surface area contributed by atoms with E-state index in [1.54, 1.807) is 22.7 Å². The smallest absolute Gasteiger partial charge is 0.135 e. The first-order valence-electron chi connectivity index (χ1n) is 4.86. The monoisotopic (exact) mass is 239 g/mol. The standard InChI is InChI=1S/C10H13N3S2/c1-3-7(11-2)8-5-14-10(13-8)9-4-12-6-15-9/h4-7,11H,3H2,1-2H3. The zero-order valence-electron chi connectivity index (χ0n) is 8.73. The van der Waals surface area contributed by atoms with E-state index in [1.807, 2.05) is 18.8 Å². The molecule has 80 valence electrons. The predicted molar refractivity (Wildman–Crippen MR) is 65.3 cm³/mol. The first-order chi connectivity index (χ1) is 7.35. The summed E-state index contributed by atoms with van der Waals surface area (Å²) in [6.07, 6.45) is 2.93. The highest BCUT2D eigenvalue weighted by Gasteiger charge is 2.12. The summed E-state index contributed by atoms with van der Waals surface area (Å²) in [5, 5.41) is 6.45. The molecule has 0 amide bonds. The van der Waals surface area contributed by atoms with Crippen LogP contribution < -0.4 is 5.32 Å². The molecule has 2 rings (SSSR count). The largest absolute Gasteiger partial charge is 0.312 e. The van der Waals surface area contributed by atoms with Crippen LogP contribution in [0.4, 0.5) is 0 Å². The molecule has 0 aliphatic carbocycles. The van der Waals surface area contributed by atoms with Gasteiger partial charge in [-0.25, -0.2) is 4.98 Å². The number of hydrogen-bond donors (Lipinski definition) is 1. The second-order valence-corrected chi connectivity index (χ2v) is 4.94. The van der Waals surface area contributed by atoms with Gasteiger partial charge in [0.1, 0.15) is 5.01 Å². The molecule has 0 bridgehead atoms. The van der Waals surface area contributed by atoms with Crippen molar-refractivity contribution in [1.29, 1.82) is 0 Å². The van der Waals surface area contributed by atoms with Gasteiger partial charge in [0.2, 0.25) is 0 Å². The van der Waals surface area contributed by atoms with Gasteiger partial charge in [0.25, 0.3) is 0 Å². The van der Waals surface area contributed by atoms with Crippen LogP contribution in [0.5, 0.6) is 0 Å². The lowest BCUT2D eigenvalue weighted by molar-refractivity contribution is 0.565. The van der Waals surface area contributed by atoms with E-state index in [2.05, 4.69) is 27.6 Å². The Morgan fingerprint density at radius 1 is 1.47 bits per heavy atom. The lowest BCUT2D eigenvalue weighted by Crippen LogP contribution is -2.15. The molecule has 0 aliphatic rings. The zero-order valence-corrected chi connectivity index (χ0v) is 10.4. The summed E-state index contributed by atoms with van der Waals surface area (Å²) in [7, 11) is 1.97. The van der Waals surface area contributed by atoms with Crippen molar-refractivity contribution in [3.63, 3.8) is 0 Å². The van der Waals surface area contributed by atoms with Crippen LogP contribution in [0, 0.1) is 0 Å². The molecule has 0 fully saturated rings. The molecule has 0 aliphatic heterocycles. The fourth-order valence-corrected chi connectivity index (χ4v) is 3.01. The van der Waals surface area contributed by atoms with Crippen molar-refractivity contribution in [3.8, 4) is 9.88 Å². The van der Waals surface area contributed by atoms with Gasteiger partial charge in [-0.15, -0.1) is 22.7 Å². The van der Waals surface area contributed by atoms with Gasteiger partial charge in [0.15, 0.2) is 0 Å². The van der Waals surface area contributed by atoms with Crippen molar-refractivity contribution in [3.05, 3.63) is 22.8 Å². The minimum absolute atomic E-state index is 0.364. The summed E-state index contributed by atoms with van der Waals surface area (Å²) in [5.41, 5.74) is 2.97. The lowest BCUT2D eigenvalue weighted by atomic mass is 10.2. The van der Waals surface area contributed by atoms with Gasteiger partial charge in [0.05, 0.1) is 16.1 Å². The molecule has 0 aromatic carbocycles. The molecule has 3 nitrogen and oxygen atoms in total. The summed E-state index contributed by atoms with van der Waals surface area (Å²) in [4.78, 5) is 9.83. The molecule has 2 heterocycles. The van der Waals surface area contributed by atoms with Crippen LogP contribution in [0.25, 0.3) is 9.88 Å². The van der Waals surface area contributed by atoms with Gasteiger partial charge in [0, 0.05) is 17.6 Å². The normalized spacial score (nSPS) is 12.9. The maximum absolute atomic E-state index is 4.62. The van der Waals surface area contributed by atoms with Crippen LogP contribution in [0.15, 0.2) is 17.1 Å². The first-order valence-corrected chi connectivity index (χ1v) is 6.62. The molecule has 0 spiro atoms. The van der Waals surface area contributed by atoms with Crippen molar-refractivity contribution in [2.24, 2.45) is 0 Å². The van der Waals surface area contributed by atoms with E-state index in [-0.39, 0.29) is 0 Å². The van der Waals surface area contributed by atoms with Crippen molar-refractivity contribution in [1.82, 2.24) is 15.3 Å². The van der Waals surface area contributed by atoms with Crippen molar-refractivity contribution in [2.45, 2.75) is 19.4 Å². The van der Waals surface area contributed by atoms with Crippen LogP contribution in [-0.2, 0) is 0 Å². The summed E-state index contributed by atoms with van der Waals surface area (Å²) >= 11 is 3.32. The van der Waals surface area contributed by atoms with Gasteiger partial charge in [-0.2, -0.15) is 0 Å². The average Bonchev–Trinajstić information content (AvgIpc) is 2.89. The van der Waals surface area contributed by atoms with Crippen LogP contribution in [0.1, 0.15) is 25.1 Å². The molecule has 15 heavy (non-hydrogen) atoms. The van der Waals surface area contributed by atoms with Crippen LogP contribution in [0.2, 0.25) is 0 Å². The maximum atomic E-state index is 4.62. The minimum Gasteiger partial charge on any atom is -0.312 e. The van der Waals surface area contributed by atoms with Gasteiger partial charge < -0.3 is 5.32 Å². The Balaban J connectivity index is 2.24. The molecule has 0 saturated carbocycles. The summed E-state index contributed by atoms with van der Waals surface area (Å²) in [6.45, 7) is 2.16. The van der Waals surface area contributed by atoms with E-state index in [1.165, 1.54) is 0 Å². The highest BCUT2D eigenvalue weighted by molar-refractivity contribution is 7.19. The Bertz CT molecular complexity index is 404. The number of nitrogens with one attached hydrogen (secondary N) is 1. The van der Waals surface area contributed by atoms with E-state index >= 15 is 0 Å². The average molecular weight is 239 g/mol. The SMILES string of the molecule is CCC(NC)c1csc(-c2cncs2)n1. The van der Waals surface area contributed by atoms with Gasteiger partial charge >= 0.3 is 0 Å². The second kappa shape index (κ2) is 4.83. The highest BCUT2D eigenvalue weighted by Crippen LogP contribution is 2.29. The highest BCUT2D eigenvalue weighted by atomic mass is 32.1. The predicted octanol–water partition coefficient (Wildman–Crippen LogP) is 2.94. The number of rotatable bonds is 4. The quantitative estimate of drug-likeness (QED) is 0.891. The molecule has 5 heteroatoms. The van der Waals surface area contributed by atoms with E-state index in [4.69, 9.17) is 0 Å². The van der Waals surface area contributed by atoms with Crippen LogP contribution >= 0.6 is 22.7 Å². The van der Waals surface area contributed by atoms with Crippen LogP contribution in [-0.4, -0.2) is 17.0 Å². The summed E-state index contributed by atoms with van der Waals surface area (Å²) in [6, 6.07) is 0.364. The second-order valence-electron chi connectivity index (χ2n) is 3.19. The third kappa shape index (κ3) is 2.25. The molecule has 2 aromatic rings. The topological polar surface area (TPSA) is 37.8 Å². The molecular formula is C10H13N3S2. The third-order valence-electron chi connectivity index (χ3n) is 2.28. The Hall–Kier alpha value is -0.780. The zero-order chi connectivity index (χ0) is 10.7. The van der Waals surface area contributed by atoms with E-state index in [0.717, 1.165) is 22.0 Å². The molecule has 2 aromatic heterocycles. The molecule has 1 atom stereocenters. The molecular weight excluding hydrogens is 226 g/mol. The number of aromatic nitrogens is 2. The lowest BCUT2D eigenvalue weighted by Gasteiger charge is -2.09. The molecule has 0 saturated heterocycles. The minimum atomic E-state index is 0.364. The Labute approximate surface area is 97.2 Å². The summed E-state index contributed by atoms with van der Waals surface area (Å²) < 4.78 is 0. The molecule has 0 radical (unpaired) electrons. The third-order valence-corrected chi connectivity index (χ3v) is 4.08. The van der Waals surface area contributed by atoms with Gasteiger partial charge in [-0.1, -0.05) is 6.92 Å². The Morgan fingerprint density at radius 2 is 2.33 bits per heavy atom. The van der Waals surface area contributed by atoms with Crippen molar-refractivity contribution >= 4 is 22.7 Å². The Kier molecular flexibility index (Phi) is 3.45. The summed E-state index contributed by atoms with van der Waals surface area (Å²) in [5.74, 6) is 0. The molecule has 1 unspecified atom stereocenters. The van der Waals surface area contributed by atoms with E-state index in [9.17, 15) is 0 Å². The molecule has 1 N–H and O–H groups in total. The number of nitrogens with zero attached hydrogens (tertiary/aromatic N) is 2. The fourth-order valence-electron chi connectivity index (χ4n) is 1.44. The van der Waals surface area contributed by atoms with Gasteiger partial charge in [-0.05, 0) is 13.5 Å². The first kappa shape index (κ1) is 10.7. The fraction of sp³-hybridized carbons (Fsp3) is 0.400. The number of hydrogen-bond acceptors (Lipinski definition) is 5. The maximum Gasteiger partial charge on any atom is 0.135 e. The van der Waals surface area contributed by atoms with E-state index in [0.29, 0.717) is 6.04 Å².